The predicted octanol–water partition coefficient (Wildman–Crippen LogP) is 3.81. The first-order chi connectivity index (χ1) is 14.7. The van der Waals surface area contributed by atoms with Crippen molar-refractivity contribution < 1.29 is 9.21 Å². The molecule has 1 saturated heterocycles. The summed E-state index contributed by atoms with van der Waals surface area (Å²) in [6, 6.07) is 10.1. The molecule has 0 radical (unpaired) electrons. The van der Waals surface area contributed by atoms with Gasteiger partial charge in [-0.25, -0.2) is 9.98 Å². The molecule has 31 heavy (non-hydrogen) atoms. The highest BCUT2D eigenvalue weighted by Gasteiger charge is 2.32. The van der Waals surface area contributed by atoms with Crippen molar-refractivity contribution in [3.63, 3.8) is 0 Å². The maximum Gasteiger partial charge on any atom is 0.225 e. The Morgan fingerprint density at radius 3 is 2.74 bits per heavy atom. The molecule has 0 spiro atoms. The van der Waals surface area contributed by atoms with Gasteiger partial charge in [-0.2, -0.15) is 0 Å². The molecule has 7 nitrogen and oxygen atoms in total. The second kappa shape index (κ2) is 11.5. The minimum absolute atomic E-state index is 0. The maximum absolute atomic E-state index is 12.7. The number of aromatic nitrogens is 1. The number of hydrogen-bond donors (Lipinski definition) is 2. The van der Waals surface area contributed by atoms with Crippen LogP contribution in [0.25, 0.3) is 11.3 Å². The van der Waals surface area contributed by atoms with Gasteiger partial charge in [0, 0.05) is 37.2 Å². The first-order valence-electron chi connectivity index (χ1n) is 11.1. The van der Waals surface area contributed by atoms with Crippen LogP contribution in [-0.2, 0) is 11.3 Å². The van der Waals surface area contributed by atoms with Crippen molar-refractivity contribution in [2.45, 2.75) is 51.6 Å². The van der Waals surface area contributed by atoms with Crippen LogP contribution in [0.3, 0.4) is 0 Å². The van der Waals surface area contributed by atoms with Gasteiger partial charge in [0.1, 0.15) is 6.54 Å². The van der Waals surface area contributed by atoms with E-state index in [-0.39, 0.29) is 35.9 Å². The minimum atomic E-state index is 0. The molecule has 1 saturated carbocycles. The van der Waals surface area contributed by atoms with E-state index in [1.165, 1.54) is 12.8 Å². The topological polar surface area (TPSA) is 82.8 Å². The predicted molar refractivity (Wildman–Crippen MR) is 132 cm³/mol. The van der Waals surface area contributed by atoms with E-state index in [0.717, 1.165) is 56.2 Å². The van der Waals surface area contributed by atoms with Crippen LogP contribution in [-0.4, -0.2) is 47.4 Å². The highest BCUT2D eigenvalue weighted by molar-refractivity contribution is 14.0. The molecule has 168 valence electrons. The average molecular weight is 537 g/mol. The number of nitrogens with zero attached hydrogens (tertiary/aromatic N) is 3. The lowest BCUT2D eigenvalue weighted by atomic mass is 10.1. The number of oxazole rings is 1. The molecular weight excluding hydrogens is 505 g/mol. The third-order valence-corrected chi connectivity index (χ3v) is 5.87. The summed E-state index contributed by atoms with van der Waals surface area (Å²) in [5.74, 6) is 2.64. The van der Waals surface area contributed by atoms with Crippen molar-refractivity contribution in [2.75, 3.05) is 19.6 Å². The third-order valence-electron chi connectivity index (χ3n) is 5.87. The van der Waals surface area contributed by atoms with Crippen LogP contribution in [0, 0.1) is 5.92 Å². The summed E-state index contributed by atoms with van der Waals surface area (Å²) in [6.45, 7) is 4.74. The second-order valence-corrected chi connectivity index (χ2v) is 8.08. The Morgan fingerprint density at radius 2 is 2.00 bits per heavy atom. The molecule has 1 unspecified atom stereocenters. The van der Waals surface area contributed by atoms with Crippen LogP contribution in [0.15, 0.2) is 45.9 Å². The Labute approximate surface area is 201 Å². The number of halogens is 1. The monoisotopic (exact) mass is 537 g/mol. The van der Waals surface area contributed by atoms with E-state index >= 15 is 0 Å². The van der Waals surface area contributed by atoms with Crippen LogP contribution in [0.5, 0.6) is 0 Å². The first kappa shape index (κ1) is 23.6. The number of aliphatic imine (C=N–C) groups is 1. The van der Waals surface area contributed by atoms with Crippen molar-refractivity contribution in [3.8, 4) is 11.3 Å². The maximum atomic E-state index is 12.7. The Morgan fingerprint density at radius 1 is 1.23 bits per heavy atom. The summed E-state index contributed by atoms with van der Waals surface area (Å²) < 4.78 is 5.85. The molecule has 1 amide bonds. The van der Waals surface area contributed by atoms with Gasteiger partial charge in [0.05, 0.1) is 6.20 Å². The van der Waals surface area contributed by atoms with Gasteiger partial charge >= 0.3 is 0 Å². The first-order valence-corrected chi connectivity index (χ1v) is 11.1. The number of carbonyl (C=O) groups is 1. The molecule has 1 aliphatic carbocycles. The Hall–Kier alpha value is -2.10. The molecule has 2 aliphatic rings. The van der Waals surface area contributed by atoms with Crippen LogP contribution < -0.4 is 10.6 Å². The smallest absolute Gasteiger partial charge is 0.225 e. The van der Waals surface area contributed by atoms with Crippen molar-refractivity contribution in [2.24, 2.45) is 10.9 Å². The van der Waals surface area contributed by atoms with Gasteiger partial charge in [-0.1, -0.05) is 43.2 Å². The number of amides is 1. The molecule has 2 aromatic rings. The van der Waals surface area contributed by atoms with Crippen molar-refractivity contribution in [3.05, 3.63) is 42.4 Å². The van der Waals surface area contributed by atoms with E-state index in [9.17, 15) is 4.79 Å². The lowest BCUT2D eigenvalue weighted by molar-refractivity contribution is -0.134. The van der Waals surface area contributed by atoms with Crippen LogP contribution in [0.2, 0.25) is 0 Å². The van der Waals surface area contributed by atoms with Gasteiger partial charge < -0.3 is 20.0 Å². The Kier molecular flexibility index (Phi) is 8.74. The molecule has 8 heteroatoms. The van der Waals surface area contributed by atoms with E-state index in [4.69, 9.17) is 4.42 Å². The molecule has 1 aliphatic heterocycles. The minimum Gasteiger partial charge on any atom is -0.439 e. The van der Waals surface area contributed by atoms with E-state index in [1.807, 2.05) is 42.2 Å². The van der Waals surface area contributed by atoms with Crippen molar-refractivity contribution in [1.82, 2.24) is 20.5 Å². The number of benzene rings is 1. The fourth-order valence-electron chi connectivity index (χ4n) is 4.29. The molecular formula is C23H32IN5O2. The third kappa shape index (κ3) is 6.21. The molecule has 0 bridgehead atoms. The lowest BCUT2D eigenvalue weighted by Gasteiger charge is -2.21. The summed E-state index contributed by atoms with van der Waals surface area (Å²) in [5.41, 5.74) is 1.00. The van der Waals surface area contributed by atoms with Gasteiger partial charge in [0.2, 0.25) is 11.8 Å². The number of nitrogens with one attached hydrogen (secondary N) is 2. The zero-order chi connectivity index (χ0) is 20.8. The van der Waals surface area contributed by atoms with E-state index < -0.39 is 0 Å². The molecule has 1 aromatic carbocycles. The highest BCUT2D eigenvalue weighted by atomic mass is 127. The second-order valence-electron chi connectivity index (χ2n) is 8.08. The quantitative estimate of drug-likeness (QED) is 0.333. The van der Waals surface area contributed by atoms with Crippen LogP contribution in [0.4, 0.5) is 0 Å². The van der Waals surface area contributed by atoms with Crippen LogP contribution >= 0.6 is 24.0 Å². The normalized spacial score (nSPS) is 19.3. The average Bonchev–Trinajstić information content (AvgIpc) is 3.54. The van der Waals surface area contributed by atoms with Crippen LogP contribution in [0.1, 0.15) is 44.9 Å². The fraction of sp³-hybridized carbons (Fsp3) is 0.522. The number of likely N-dealkylation sites (tertiary alicyclic amines) is 1. The fourth-order valence-corrected chi connectivity index (χ4v) is 4.29. The molecule has 4 rings (SSSR count). The molecule has 2 N–H and O–H groups in total. The largest absolute Gasteiger partial charge is 0.439 e. The summed E-state index contributed by atoms with van der Waals surface area (Å²) in [5, 5.41) is 6.76. The number of rotatable bonds is 6. The number of carbonyl (C=O) groups excluding carboxylic acids is 1. The Bertz CT molecular complexity index is 864. The van der Waals surface area contributed by atoms with Gasteiger partial charge in [-0.3, -0.25) is 4.79 Å². The lowest BCUT2D eigenvalue weighted by Crippen LogP contribution is -2.45. The van der Waals surface area contributed by atoms with E-state index in [0.29, 0.717) is 18.3 Å². The van der Waals surface area contributed by atoms with Gasteiger partial charge in [-0.15, -0.1) is 24.0 Å². The molecule has 2 fully saturated rings. The zero-order valence-electron chi connectivity index (χ0n) is 18.0. The highest BCUT2D eigenvalue weighted by Crippen LogP contribution is 2.28. The van der Waals surface area contributed by atoms with Gasteiger partial charge in [0.25, 0.3) is 0 Å². The standard InChI is InChI=1S/C23H31N5O2.HI/c1-2-24-23(26-15-21-25-14-20(30-21)17-8-4-3-5-9-17)27-19-12-13-28(16-19)22(29)18-10-6-7-11-18;/h3-5,8-9,14,18-19H,2,6-7,10-13,15-16H2,1H3,(H2,24,26,27);1H. The van der Waals surface area contributed by atoms with Crippen molar-refractivity contribution >= 4 is 35.8 Å². The summed E-state index contributed by atoms with van der Waals surface area (Å²) in [6.07, 6.45) is 7.17. The zero-order valence-corrected chi connectivity index (χ0v) is 20.4. The Balaban J connectivity index is 0.00000272. The number of hydrogen-bond acceptors (Lipinski definition) is 4. The summed E-state index contributed by atoms with van der Waals surface area (Å²) >= 11 is 0. The van der Waals surface area contributed by atoms with Gasteiger partial charge in [0.15, 0.2) is 11.7 Å². The molecule has 1 aromatic heterocycles. The molecule has 1 atom stereocenters. The number of guanidine groups is 1. The molecule has 2 heterocycles. The summed E-state index contributed by atoms with van der Waals surface area (Å²) in [7, 11) is 0. The SMILES string of the molecule is CCNC(=NCc1ncc(-c2ccccc2)o1)NC1CCN(C(=O)C2CCCC2)C1.I. The van der Waals surface area contributed by atoms with Crippen molar-refractivity contribution in [1.29, 1.82) is 0 Å². The van der Waals surface area contributed by atoms with Gasteiger partial charge in [-0.05, 0) is 26.2 Å². The van der Waals surface area contributed by atoms with E-state index in [2.05, 4.69) is 20.6 Å². The summed E-state index contributed by atoms with van der Waals surface area (Å²) in [4.78, 5) is 23.7. The van der Waals surface area contributed by atoms with E-state index in [1.54, 1.807) is 6.20 Å².